The van der Waals surface area contributed by atoms with Crippen LogP contribution in [-0.4, -0.2) is 37.2 Å². The summed E-state index contributed by atoms with van der Waals surface area (Å²) >= 11 is 0. The molecule has 0 saturated heterocycles. The van der Waals surface area contributed by atoms with Crippen molar-refractivity contribution in [1.29, 1.82) is 0 Å². The molecule has 0 aliphatic heterocycles. The van der Waals surface area contributed by atoms with E-state index in [9.17, 15) is 14.4 Å². The number of unbranched alkanes of at least 4 members (excludes halogenated alkanes) is 29. The Balaban J connectivity index is 4.41. The van der Waals surface area contributed by atoms with Gasteiger partial charge in [0.25, 0.3) is 0 Å². The van der Waals surface area contributed by atoms with E-state index in [1.165, 1.54) is 167 Å². The molecule has 0 fully saturated rings. The summed E-state index contributed by atoms with van der Waals surface area (Å²) in [5.41, 5.74) is 0. The molecule has 6 heteroatoms. The van der Waals surface area contributed by atoms with Gasteiger partial charge in [0.2, 0.25) is 0 Å². The van der Waals surface area contributed by atoms with Crippen LogP contribution in [0.15, 0.2) is 60.8 Å². The predicted octanol–water partition coefficient (Wildman–Crippen LogP) is 18.4. The highest BCUT2D eigenvalue weighted by molar-refractivity contribution is 5.71. The van der Waals surface area contributed by atoms with E-state index in [0.717, 1.165) is 64.2 Å². The second-order valence-electron chi connectivity index (χ2n) is 18.5. The summed E-state index contributed by atoms with van der Waals surface area (Å²) in [7, 11) is 0. The van der Waals surface area contributed by atoms with E-state index < -0.39 is 6.10 Å². The monoisotopic (exact) mass is 909 g/mol. The van der Waals surface area contributed by atoms with Crippen molar-refractivity contribution in [3.63, 3.8) is 0 Å². The van der Waals surface area contributed by atoms with E-state index in [4.69, 9.17) is 14.2 Å². The molecular weight excluding hydrogens is 805 g/mol. The Bertz CT molecular complexity index is 1180. The Hall–Kier alpha value is -2.89. The fraction of sp³-hybridized carbons (Fsp3) is 0.780. The van der Waals surface area contributed by atoms with Gasteiger partial charge in [-0.15, -0.1) is 0 Å². The fourth-order valence-electron chi connectivity index (χ4n) is 7.86. The average Bonchev–Trinajstić information content (AvgIpc) is 3.30. The summed E-state index contributed by atoms with van der Waals surface area (Å²) in [5.74, 6) is -0.974. The number of ether oxygens (including phenoxy) is 3. The zero-order chi connectivity index (χ0) is 47.2. The second kappa shape index (κ2) is 53.7. The molecule has 0 rings (SSSR count). The van der Waals surface area contributed by atoms with Crippen molar-refractivity contribution >= 4 is 17.9 Å². The van der Waals surface area contributed by atoms with Gasteiger partial charge in [-0.25, -0.2) is 0 Å². The van der Waals surface area contributed by atoms with E-state index in [1.807, 2.05) is 6.08 Å². The zero-order valence-corrected chi connectivity index (χ0v) is 43.0. The number of allylic oxidation sites excluding steroid dienone is 10. The molecule has 376 valence electrons. The topological polar surface area (TPSA) is 78.9 Å². The maximum Gasteiger partial charge on any atom is 0.306 e. The lowest BCUT2D eigenvalue weighted by atomic mass is 10.0. The van der Waals surface area contributed by atoms with Crippen LogP contribution in [0.4, 0.5) is 0 Å². The van der Waals surface area contributed by atoms with Gasteiger partial charge in [-0.05, 0) is 70.6 Å². The van der Waals surface area contributed by atoms with Crippen molar-refractivity contribution in [2.24, 2.45) is 0 Å². The molecule has 0 aromatic heterocycles. The van der Waals surface area contributed by atoms with E-state index in [1.54, 1.807) is 0 Å². The molecule has 0 heterocycles. The number of carbonyl (C=O) groups is 3. The van der Waals surface area contributed by atoms with Crippen LogP contribution in [0.3, 0.4) is 0 Å². The lowest BCUT2D eigenvalue weighted by Crippen LogP contribution is -2.30. The van der Waals surface area contributed by atoms with Crippen LogP contribution in [0.2, 0.25) is 0 Å². The number of hydrogen-bond donors (Lipinski definition) is 0. The highest BCUT2D eigenvalue weighted by atomic mass is 16.6. The lowest BCUT2D eigenvalue weighted by Gasteiger charge is -2.18. The van der Waals surface area contributed by atoms with Gasteiger partial charge in [-0.1, -0.05) is 248 Å². The van der Waals surface area contributed by atoms with Crippen molar-refractivity contribution in [3.8, 4) is 0 Å². The molecule has 0 aliphatic carbocycles. The van der Waals surface area contributed by atoms with Crippen LogP contribution in [-0.2, 0) is 28.6 Å². The molecule has 0 aromatic carbocycles. The van der Waals surface area contributed by atoms with Crippen LogP contribution in [0.1, 0.15) is 278 Å². The van der Waals surface area contributed by atoms with Gasteiger partial charge in [0, 0.05) is 19.3 Å². The molecule has 0 spiro atoms. The fourth-order valence-corrected chi connectivity index (χ4v) is 7.86. The Morgan fingerprint density at radius 1 is 0.323 bits per heavy atom. The van der Waals surface area contributed by atoms with Crippen molar-refractivity contribution in [2.75, 3.05) is 13.2 Å². The highest BCUT2D eigenvalue weighted by Crippen LogP contribution is 2.16. The van der Waals surface area contributed by atoms with Gasteiger partial charge in [0.05, 0.1) is 0 Å². The maximum atomic E-state index is 12.8. The molecule has 65 heavy (non-hydrogen) atoms. The normalized spacial score (nSPS) is 12.5. The van der Waals surface area contributed by atoms with Crippen molar-refractivity contribution in [2.45, 2.75) is 284 Å². The summed E-state index contributed by atoms with van der Waals surface area (Å²) < 4.78 is 16.8. The summed E-state index contributed by atoms with van der Waals surface area (Å²) in [6.07, 6.45) is 66.5. The molecular formula is C59H104O6. The molecule has 0 N–H and O–H groups in total. The van der Waals surface area contributed by atoms with Gasteiger partial charge < -0.3 is 14.2 Å². The summed E-state index contributed by atoms with van der Waals surface area (Å²) in [5, 5.41) is 0. The quantitative estimate of drug-likeness (QED) is 0.0262. The standard InChI is InChI=1S/C59H104O6/c1-4-7-10-13-16-19-22-25-27-29-31-34-37-40-43-46-49-52-58(61)64-55-56(54-63-57(60)51-48-45-42-39-36-33-24-21-18-15-12-9-6-3)65-59(62)53-50-47-44-41-38-35-32-30-28-26-23-20-17-14-11-8-5-2/h9,12,18,21,25,27,33,36,42,45,56H,4-8,10-11,13-17,19-20,22-24,26,28-32,34-35,37-41,43-44,46-55H2,1-3H3/b12-9-,21-18-,27-25-,36-33-,45-42-. The lowest BCUT2D eigenvalue weighted by molar-refractivity contribution is -0.166. The van der Waals surface area contributed by atoms with Gasteiger partial charge >= 0.3 is 17.9 Å². The summed E-state index contributed by atoms with van der Waals surface area (Å²) in [4.78, 5) is 38.0. The number of esters is 3. The molecule has 0 amide bonds. The van der Waals surface area contributed by atoms with Crippen molar-refractivity contribution in [3.05, 3.63) is 60.8 Å². The largest absolute Gasteiger partial charge is 0.462 e. The van der Waals surface area contributed by atoms with Crippen molar-refractivity contribution < 1.29 is 28.6 Å². The Morgan fingerprint density at radius 3 is 1.03 bits per heavy atom. The number of carbonyl (C=O) groups excluding carboxylic acids is 3. The van der Waals surface area contributed by atoms with E-state index in [0.29, 0.717) is 19.3 Å². The Morgan fingerprint density at radius 2 is 0.631 bits per heavy atom. The van der Waals surface area contributed by atoms with Gasteiger partial charge in [0.15, 0.2) is 6.10 Å². The first-order valence-electron chi connectivity index (χ1n) is 27.8. The van der Waals surface area contributed by atoms with E-state index >= 15 is 0 Å². The first kappa shape index (κ1) is 62.1. The summed E-state index contributed by atoms with van der Waals surface area (Å²) in [6.45, 7) is 6.48. The molecule has 0 radical (unpaired) electrons. The number of rotatable bonds is 50. The average molecular weight is 909 g/mol. The van der Waals surface area contributed by atoms with Crippen LogP contribution in [0.5, 0.6) is 0 Å². The Labute approximate surface area is 402 Å². The predicted molar refractivity (Wildman–Crippen MR) is 279 cm³/mol. The third kappa shape index (κ3) is 51.9. The minimum atomic E-state index is -0.802. The maximum absolute atomic E-state index is 12.8. The Kier molecular flexibility index (Phi) is 51.3. The molecule has 1 unspecified atom stereocenters. The van der Waals surface area contributed by atoms with Gasteiger partial charge in [0.1, 0.15) is 13.2 Å². The summed E-state index contributed by atoms with van der Waals surface area (Å²) in [6, 6.07) is 0. The van der Waals surface area contributed by atoms with E-state index in [2.05, 4.69) is 75.5 Å². The first-order valence-corrected chi connectivity index (χ1v) is 27.8. The molecule has 0 aromatic rings. The van der Waals surface area contributed by atoms with Crippen molar-refractivity contribution in [1.82, 2.24) is 0 Å². The molecule has 0 bridgehead atoms. The zero-order valence-electron chi connectivity index (χ0n) is 43.0. The van der Waals surface area contributed by atoms with Gasteiger partial charge in [-0.2, -0.15) is 0 Å². The van der Waals surface area contributed by atoms with E-state index in [-0.39, 0.29) is 37.5 Å². The SMILES string of the molecule is CC/C=C\C/C=C\C/C=C\C/C=C\CCC(=O)OCC(COC(=O)CCCCCCCCC/C=C\CCCCCCCC)OC(=O)CCCCCCCCCCCCCCCCCCC. The van der Waals surface area contributed by atoms with Crippen LogP contribution in [0, 0.1) is 0 Å². The van der Waals surface area contributed by atoms with Crippen LogP contribution in [0.25, 0.3) is 0 Å². The third-order valence-electron chi connectivity index (χ3n) is 12.0. The third-order valence-corrected chi connectivity index (χ3v) is 12.0. The van der Waals surface area contributed by atoms with Crippen LogP contribution < -0.4 is 0 Å². The van der Waals surface area contributed by atoms with Gasteiger partial charge in [-0.3, -0.25) is 14.4 Å². The minimum absolute atomic E-state index is 0.0961. The number of hydrogen-bond acceptors (Lipinski definition) is 6. The first-order chi connectivity index (χ1) is 32.0. The minimum Gasteiger partial charge on any atom is -0.462 e. The smallest absolute Gasteiger partial charge is 0.306 e. The molecule has 1 atom stereocenters. The molecule has 0 aliphatic rings. The van der Waals surface area contributed by atoms with Crippen LogP contribution >= 0.6 is 0 Å². The second-order valence-corrected chi connectivity index (χ2v) is 18.5. The molecule has 6 nitrogen and oxygen atoms in total. The highest BCUT2D eigenvalue weighted by Gasteiger charge is 2.19. The molecule has 0 saturated carbocycles.